The maximum absolute atomic E-state index is 11.5. The van der Waals surface area contributed by atoms with Gasteiger partial charge in [-0.25, -0.2) is 4.79 Å². The lowest BCUT2D eigenvalue weighted by Gasteiger charge is -2.20. The smallest absolute Gasteiger partial charge is 0.490 e. The highest BCUT2D eigenvalue weighted by atomic mass is 35.5. The summed E-state index contributed by atoms with van der Waals surface area (Å²) in [5.74, 6) is -4.20. The molecular weight excluding hydrogens is 435 g/mol. The van der Waals surface area contributed by atoms with Crippen molar-refractivity contribution in [3.8, 4) is 5.75 Å². The van der Waals surface area contributed by atoms with Crippen LogP contribution in [0, 0.1) is 10.8 Å². The first-order valence-electron chi connectivity index (χ1n) is 8.69. The second-order valence-electron chi connectivity index (χ2n) is 7.10. The van der Waals surface area contributed by atoms with Gasteiger partial charge < -0.3 is 20.1 Å². The normalized spacial score (nSPS) is 25.0. The predicted molar refractivity (Wildman–Crippen MR) is 96.3 cm³/mol. The average Bonchev–Trinajstić information content (AvgIpc) is 3.16. The molecule has 0 radical (unpaired) electrons. The zero-order chi connectivity index (χ0) is 22.9. The fourth-order valence-electron chi connectivity index (χ4n) is 3.69. The number of carboxylic acid groups (broad SMARTS) is 3. The van der Waals surface area contributed by atoms with E-state index >= 15 is 0 Å². The highest BCUT2D eigenvalue weighted by Crippen LogP contribution is 2.68. The molecule has 8 nitrogen and oxygen atoms in total. The molecule has 1 saturated carbocycles. The summed E-state index contributed by atoms with van der Waals surface area (Å²) < 4.78 is 37.1. The molecule has 1 aromatic carbocycles. The van der Waals surface area contributed by atoms with Crippen LogP contribution < -0.4 is 4.74 Å². The number of rotatable bonds is 6. The van der Waals surface area contributed by atoms with Crippen molar-refractivity contribution in [3.05, 3.63) is 28.8 Å². The lowest BCUT2D eigenvalue weighted by atomic mass is 9.97. The van der Waals surface area contributed by atoms with Gasteiger partial charge in [-0.1, -0.05) is 17.7 Å². The highest BCUT2D eigenvalue weighted by molar-refractivity contribution is 6.32. The summed E-state index contributed by atoms with van der Waals surface area (Å²) in [7, 11) is 0. The van der Waals surface area contributed by atoms with Crippen molar-refractivity contribution in [2.45, 2.75) is 26.1 Å². The van der Waals surface area contributed by atoms with E-state index in [9.17, 15) is 33.0 Å². The van der Waals surface area contributed by atoms with Crippen LogP contribution in [0.1, 0.15) is 18.9 Å². The Morgan fingerprint density at radius 1 is 1.13 bits per heavy atom. The molecule has 1 saturated heterocycles. The van der Waals surface area contributed by atoms with Gasteiger partial charge in [0.1, 0.15) is 5.75 Å². The number of hydrogen-bond donors (Lipinski definition) is 3. The maximum atomic E-state index is 11.5. The van der Waals surface area contributed by atoms with Gasteiger partial charge in [0.25, 0.3) is 0 Å². The Morgan fingerprint density at radius 2 is 1.63 bits per heavy atom. The summed E-state index contributed by atoms with van der Waals surface area (Å²) >= 11 is 6.15. The minimum atomic E-state index is -5.08. The quantitative estimate of drug-likeness (QED) is 0.600. The van der Waals surface area contributed by atoms with Gasteiger partial charge in [0.05, 0.1) is 22.5 Å². The molecule has 1 aliphatic heterocycles. The Hall–Kier alpha value is -2.53. The van der Waals surface area contributed by atoms with Crippen LogP contribution in [0.25, 0.3) is 0 Å². The number of likely N-dealkylation sites (tertiary alicyclic amines) is 1. The Labute approximate surface area is 173 Å². The molecule has 1 aliphatic carbocycles. The summed E-state index contributed by atoms with van der Waals surface area (Å²) in [6.45, 7) is 3.36. The Bertz CT molecular complexity index is 835. The van der Waals surface area contributed by atoms with E-state index in [4.69, 9.17) is 26.2 Å². The number of piperidine rings is 1. The van der Waals surface area contributed by atoms with Crippen molar-refractivity contribution in [3.63, 3.8) is 0 Å². The third-order valence-electron chi connectivity index (χ3n) is 5.15. The molecule has 0 amide bonds. The fraction of sp³-hybridized carbons (Fsp3) is 0.500. The fourth-order valence-corrected chi connectivity index (χ4v) is 3.94. The second kappa shape index (κ2) is 8.31. The number of hydrogen-bond acceptors (Lipinski definition) is 5. The van der Waals surface area contributed by atoms with E-state index in [1.165, 1.54) is 0 Å². The molecule has 166 valence electrons. The first kappa shape index (κ1) is 23.7. The van der Waals surface area contributed by atoms with Gasteiger partial charge in [-0.3, -0.25) is 14.5 Å². The van der Waals surface area contributed by atoms with Gasteiger partial charge in [-0.2, -0.15) is 13.2 Å². The average molecular weight is 454 g/mol. The van der Waals surface area contributed by atoms with Crippen molar-refractivity contribution in [1.29, 1.82) is 0 Å². The molecule has 2 aliphatic rings. The van der Waals surface area contributed by atoms with Crippen molar-refractivity contribution < 1.29 is 47.6 Å². The monoisotopic (exact) mass is 453 g/mol. The zero-order valence-corrected chi connectivity index (χ0v) is 16.5. The number of fused-ring (bicyclic) bond motifs is 1. The number of nitrogens with zero attached hydrogens (tertiary/aromatic N) is 1. The first-order chi connectivity index (χ1) is 13.8. The van der Waals surface area contributed by atoms with E-state index in [0.717, 1.165) is 5.56 Å². The van der Waals surface area contributed by atoms with Crippen molar-refractivity contribution in [2.24, 2.45) is 10.8 Å². The topological polar surface area (TPSA) is 124 Å². The van der Waals surface area contributed by atoms with Crippen LogP contribution >= 0.6 is 11.6 Å². The summed E-state index contributed by atoms with van der Waals surface area (Å²) in [4.78, 5) is 33.8. The Balaban J connectivity index is 0.000000396. The van der Waals surface area contributed by atoms with Crippen LogP contribution in [-0.4, -0.2) is 64.0 Å². The molecule has 0 spiro atoms. The summed E-state index contributed by atoms with van der Waals surface area (Å²) in [5.41, 5.74) is -1.39. The molecule has 12 heteroatoms. The van der Waals surface area contributed by atoms with Crippen LogP contribution in [0.15, 0.2) is 18.2 Å². The minimum Gasteiger partial charge on any atom is -0.492 e. The van der Waals surface area contributed by atoms with E-state index in [0.29, 0.717) is 23.9 Å². The number of carboxylic acids is 3. The number of aliphatic carboxylic acids is 3. The third-order valence-corrected chi connectivity index (χ3v) is 5.44. The van der Waals surface area contributed by atoms with Crippen molar-refractivity contribution in [1.82, 2.24) is 4.90 Å². The van der Waals surface area contributed by atoms with Crippen molar-refractivity contribution >= 4 is 29.5 Å². The van der Waals surface area contributed by atoms with Gasteiger partial charge in [0.2, 0.25) is 0 Å². The summed E-state index contributed by atoms with van der Waals surface area (Å²) in [5, 5.41) is 26.5. The Morgan fingerprint density at radius 3 is 2.00 bits per heavy atom. The second-order valence-corrected chi connectivity index (χ2v) is 7.50. The largest absolute Gasteiger partial charge is 0.492 e. The minimum absolute atomic E-state index is 0.213. The van der Waals surface area contributed by atoms with Crippen LogP contribution in [-0.2, 0) is 20.9 Å². The molecule has 1 heterocycles. The number of halogens is 4. The van der Waals surface area contributed by atoms with Crippen LogP contribution in [0.4, 0.5) is 13.2 Å². The molecule has 0 aromatic heterocycles. The molecule has 0 bridgehead atoms. The molecule has 3 N–H and O–H groups in total. The van der Waals surface area contributed by atoms with E-state index in [2.05, 4.69) is 0 Å². The molecule has 0 unspecified atom stereocenters. The van der Waals surface area contributed by atoms with E-state index in [1.807, 2.05) is 17.9 Å². The number of benzene rings is 1. The number of ether oxygens (including phenoxy) is 1. The number of alkyl halides is 3. The van der Waals surface area contributed by atoms with E-state index in [-0.39, 0.29) is 19.5 Å². The van der Waals surface area contributed by atoms with Gasteiger partial charge in [0, 0.05) is 19.6 Å². The van der Waals surface area contributed by atoms with Gasteiger partial charge in [-0.15, -0.1) is 0 Å². The highest BCUT2D eigenvalue weighted by Gasteiger charge is 2.80. The van der Waals surface area contributed by atoms with Crippen molar-refractivity contribution in [2.75, 3.05) is 19.7 Å². The SMILES string of the molecule is CCOc1ccc(CN2C[C@@]3(C(=O)O)C[C@@]3(C(=O)O)C2)cc1Cl.O=C(O)C(F)(F)F. The van der Waals surface area contributed by atoms with Gasteiger partial charge >= 0.3 is 24.1 Å². The van der Waals surface area contributed by atoms with Crippen LogP contribution in [0.3, 0.4) is 0 Å². The lowest BCUT2D eigenvalue weighted by Crippen LogP contribution is -2.28. The van der Waals surface area contributed by atoms with Crippen LogP contribution in [0.2, 0.25) is 5.02 Å². The maximum Gasteiger partial charge on any atom is 0.490 e. The zero-order valence-electron chi connectivity index (χ0n) is 15.7. The van der Waals surface area contributed by atoms with Gasteiger partial charge in [0.15, 0.2) is 0 Å². The first-order valence-corrected chi connectivity index (χ1v) is 9.07. The molecule has 1 aromatic rings. The lowest BCUT2D eigenvalue weighted by molar-refractivity contribution is -0.192. The molecule has 30 heavy (non-hydrogen) atoms. The predicted octanol–water partition coefficient (Wildman–Crippen LogP) is 2.73. The molecule has 3 rings (SSSR count). The van der Waals surface area contributed by atoms with Crippen LogP contribution in [0.5, 0.6) is 5.75 Å². The standard InChI is InChI=1S/C16H18ClNO5.C2HF3O2/c1-2-23-12-4-3-10(5-11(12)17)6-18-8-15(13(19)20)7-16(15,9-18)14(21)22;3-2(4,5)1(6)7/h3-5H,2,6-9H2,1H3,(H,19,20)(H,21,22);(H,6,7)/t15-,16+;. The van der Waals surface area contributed by atoms with E-state index in [1.54, 1.807) is 12.1 Å². The molecular formula is C18H19ClF3NO7. The molecule has 2 atom stereocenters. The van der Waals surface area contributed by atoms with Gasteiger partial charge in [-0.05, 0) is 31.0 Å². The summed E-state index contributed by atoms with van der Waals surface area (Å²) in [6.07, 6.45) is -4.87. The Kier molecular flexibility index (Phi) is 6.57. The number of carbonyl (C=O) groups is 3. The third kappa shape index (κ3) is 4.46. The molecule has 2 fully saturated rings. The van der Waals surface area contributed by atoms with E-state index < -0.39 is 34.9 Å². The summed E-state index contributed by atoms with van der Waals surface area (Å²) in [6, 6.07) is 5.41.